The lowest BCUT2D eigenvalue weighted by atomic mass is 10.3. The van der Waals surface area contributed by atoms with Crippen LogP contribution in [0, 0.1) is 0 Å². The van der Waals surface area contributed by atoms with E-state index in [9.17, 15) is 4.79 Å². The van der Waals surface area contributed by atoms with Crippen LogP contribution in [0.3, 0.4) is 0 Å². The summed E-state index contributed by atoms with van der Waals surface area (Å²) in [5, 5.41) is 11.2. The molecule has 1 fully saturated rings. The van der Waals surface area contributed by atoms with Crippen molar-refractivity contribution in [2.24, 2.45) is 0 Å². The summed E-state index contributed by atoms with van der Waals surface area (Å²) >= 11 is 0. The van der Waals surface area contributed by atoms with Gasteiger partial charge in [0.2, 0.25) is 5.82 Å². The second kappa shape index (κ2) is 4.14. The number of carbonyl (C=O) groups excluding carboxylic acids is 1. The van der Waals surface area contributed by atoms with Crippen molar-refractivity contribution in [1.82, 2.24) is 24.8 Å². The van der Waals surface area contributed by atoms with Crippen LogP contribution >= 0.6 is 0 Å². The summed E-state index contributed by atoms with van der Waals surface area (Å²) in [5.41, 5.74) is 0.700. The Morgan fingerprint density at radius 2 is 2.06 bits per heavy atom. The first kappa shape index (κ1) is 10.2. The van der Waals surface area contributed by atoms with Crippen molar-refractivity contribution >= 4 is 11.6 Å². The summed E-state index contributed by atoms with van der Waals surface area (Å²) in [7, 11) is 0. The zero-order valence-electron chi connectivity index (χ0n) is 9.33. The van der Waals surface area contributed by atoms with Crippen LogP contribution in [0.5, 0.6) is 0 Å². The van der Waals surface area contributed by atoms with E-state index in [1.54, 1.807) is 9.30 Å². The van der Waals surface area contributed by atoms with Gasteiger partial charge >= 0.3 is 0 Å². The molecule has 3 rings (SSSR count). The van der Waals surface area contributed by atoms with Crippen molar-refractivity contribution in [2.45, 2.75) is 0 Å². The van der Waals surface area contributed by atoms with Gasteiger partial charge in [0.1, 0.15) is 0 Å². The van der Waals surface area contributed by atoms with E-state index in [2.05, 4.69) is 15.5 Å². The maximum Gasteiger partial charge on any atom is 0.292 e. The van der Waals surface area contributed by atoms with Crippen LogP contribution in [0.15, 0.2) is 24.4 Å². The van der Waals surface area contributed by atoms with Crippen LogP contribution in [-0.4, -0.2) is 51.6 Å². The molecule has 0 radical (unpaired) electrons. The normalized spacial score (nSPS) is 16.4. The third kappa shape index (κ3) is 1.76. The molecule has 1 saturated heterocycles. The summed E-state index contributed by atoms with van der Waals surface area (Å²) in [6.07, 6.45) is 1.81. The maximum absolute atomic E-state index is 12.2. The number of pyridine rings is 1. The van der Waals surface area contributed by atoms with Crippen LogP contribution < -0.4 is 5.32 Å². The molecule has 6 heteroatoms. The predicted octanol–water partition coefficient (Wildman–Crippen LogP) is -0.225. The number of rotatable bonds is 1. The molecule has 0 aromatic carbocycles. The molecule has 1 aliphatic rings. The molecule has 0 unspecified atom stereocenters. The lowest BCUT2D eigenvalue weighted by molar-refractivity contribution is 0.0722. The molecule has 17 heavy (non-hydrogen) atoms. The van der Waals surface area contributed by atoms with Crippen molar-refractivity contribution in [3.05, 3.63) is 30.2 Å². The van der Waals surface area contributed by atoms with Crippen molar-refractivity contribution in [3.8, 4) is 0 Å². The van der Waals surface area contributed by atoms with Crippen LogP contribution in [0.4, 0.5) is 0 Å². The van der Waals surface area contributed by atoms with Crippen LogP contribution in [0.25, 0.3) is 5.65 Å². The number of nitrogens with zero attached hydrogens (tertiary/aromatic N) is 4. The van der Waals surface area contributed by atoms with E-state index in [4.69, 9.17) is 0 Å². The Balaban J connectivity index is 1.95. The Bertz CT molecular complexity index is 544. The molecule has 1 N–H and O–H groups in total. The molecular weight excluding hydrogens is 218 g/mol. The quantitative estimate of drug-likeness (QED) is 0.736. The number of amides is 1. The summed E-state index contributed by atoms with van der Waals surface area (Å²) in [6, 6.07) is 5.58. The molecule has 0 aliphatic carbocycles. The number of piperazine rings is 1. The zero-order valence-corrected chi connectivity index (χ0v) is 9.33. The van der Waals surface area contributed by atoms with E-state index in [0.717, 1.165) is 26.2 Å². The van der Waals surface area contributed by atoms with Gasteiger partial charge in [0.05, 0.1) is 0 Å². The lowest BCUT2D eigenvalue weighted by Gasteiger charge is -2.26. The summed E-state index contributed by atoms with van der Waals surface area (Å²) < 4.78 is 1.73. The topological polar surface area (TPSA) is 62.5 Å². The fourth-order valence-corrected chi connectivity index (χ4v) is 2.00. The second-order valence-corrected chi connectivity index (χ2v) is 3.99. The number of fused-ring (bicyclic) bond motifs is 1. The van der Waals surface area contributed by atoms with Gasteiger partial charge in [-0.05, 0) is 12.1 Å². The van der Waals surface area contributed by atoms with Gasteiger partial charge in [-0.2, -0.15) is 0 Å². The van der Waals surface area contributed by atoms with Crippen molar-refractivity contribution < 1.29 is 4.79 Å². The molecule has 0 bridgehead atoms. The smallest absolute Gasteiger partial charge is 0.292 e. The van der Waals surface area contributed by atoms with E-state index in [-0.39, 0.29) is 5.91 Å². The molecule has 3 heterocycles. The SMILES string of the molecule is O=C(c1nnc2ccccn12)N1CCNCC1. The fourth-order valence-electron chi connectivity index (χ4n) is 2.00. The first-order valence-electron chi connectivity index (χ1n) is 5.66. The number of hydrogen-bond acceptors (Lipinski definition) is 4. The molecule has 0 atom stereocenters. The predicted molar refractivity (Wildman–Crippen MR) is 61.8 cm³/mol. The summed E-state index contributed by atoms with van der Waals surface area (Å²) in [4.78, 5) is 14.1. The van der Waals surface area contributed by atoms with Crippen LogP contribution in [-0.2, 0) is 0 Å². The van der Waals surface area contributed by atoms with E-state index in [1.807, 2.05) is 24.4 Å². The fraction of sp³-hybridized carbons (Fsp3) is 0.364. The standard InChI is InChI=1S/C11H13N5O/c17-11(15-7-4-12-5-8-15)10-14-13-9-3-1-2-6-16(9)10/h1-3,6,12H,4-5,7-8H2. The molecule has 88 valence electrons. The number of carbonyl (C=O) groups is 1. The number of hydrogen-bond donors (Lipinski definition) is 1. The zero-order chi connectivity index (χ0) is 11.7. The largest absolute Gasteiger partial charge is 0.333 e. The van der Waals surface area contributed by atoms with Crippen LogP contribution in [0.1, 0.15) is 10.6 Å². The van der Waals surface area contributed by atoms with E-state index < -0.39 is 0 Å². The molecule has 1 amide bonds. The van der Waals surface area contributed by atoms with E-state index >= 15 is 0 Å². The van der Waals surface area contributed by atoms with E-state index in [1.165, 1.54) is 0 Å². The average Bonchev–Trinajstić information content (AvgIpc) is 2.83. The monoisotopic (exact) mass is 231 g/mol. The van der Waals surface area contributed by atoms with Crippen LogP contribution in [0.2, 0.25) is 0 Å². The first-order valence-corrected chi connectivity index (χ1v) is 5.66. The number of aromatic nitrogens is 3. The highest BCUT2D eigenvalue weighted by Gasteiger charge is 2.22. The van der Waals surface area contributed by atoms with Crippen molar-refractivity contribution in [3.63, 3.8) is 0 Å². The Labute approximate surface area is 98.2 Å². The molecule has 0 saturated carbocycles. The molecule has 6 nitrogen and oxygen atoms in total. The van der Waals surface area contributed by atoms with Gasteiger partial charge in [-0.1, -0.05) is 6.07 Å². The molecule has 2 aromatic rings. The Hall–Kier alpha value is -1.95. The Morgan fingerprint density at radius 1 is 1.24 bits per heavy atom. The molecule has 2 aromatic heterocycles. The lowest BCUT2D eigenvalue weighted by Crippen LogP contribution is -2.46. The Kier molecular flexibility index (Phi) is 2.49. The van der Waals surface area contributed by atoms with Crippen molar-refractivity contribution in [2.75, 3.05) is 26.2 Å². The third-order valence-corrected chi connectivity index (χ3v) is 2.91. The minimum absolute atomic E-state index is 0.0507. The molecule has 0 spiro atoms. The van der Waals surface area contributed by atoms with Gasteiger partial charge in [0.15, 0.2) is 5.65 Å². The minimum Gasteiger partial charge on any atom is -0.333 e. The highest BCUT2D eigenvalue weighted by Crippen LogP contribution is 2.06. The van der Waals surface area contributed by atoms with Gasteiger partial charge in [-0.3, -0.25) is 9.20 Å². The summed E-state index contributed by atoms with van der Waals surface area (Å²) in [6.45, 7) is 3.12. The maximum atomic E-state index is 12.2. The highest BCUT2D eigenvalue weighted by atomic mass is 16.2. The van der Waals surface area contributed by atoms with Gasteiger partial charge in [0, 0.05) is 32.4 Å². The molecule has 1 aliphatic heterocycles. The van der Waals surface area contributed by atoms with Gasteiger partial charge < -0.3 is 10.2 Å². The first-order chi connectivity index (χ1) is 8.36. The minimum atomic E-state index is -0.0507. The molecular formula is C11H13N5O. The average molecular weight is 231 g/mol. The van der Waals surface area contributed by atoms with Gasteiger partial charge in [-0.25, -0.2) is 0 Å². The highest BCUT2D eigenvalue weighted by molar-refractivity contribution is 5.91. The second-order valence-electron chi connectivity index (χ2n) is 3.99. The van der Waals surface area contributed by atoms with Gasteiger partial charge in [-0.15, -0.1) is 10.2 Å². The van der Waals surface area contributed by atoms with Crippen molar-refractivity contribution in [1.29, 1.82) is 0 Å². The summed E-state index contributed by atoms with van der Waals surface area (Å²) in [5.74, 6) is 0.340. The number of nitrogens with one attached hydrogen (secondary N) is 1. The van der Waals surface area contributed by atoms with E-state index in [0.29, 0.717) is 11.5 Å². The Morgan fingerprint density at radius 3 is 2.88 bits per heavy atom. The third-order valence-electron chi connectivity index (χ3n) is 2.91. The van der Waals surface area contributed by atoms with Gasteiger partial charge in [0.25, 0.3) is 5.91 Å².